The normalized spacial score (nSPS) is 13.7. The van der Waals surface area contributed by atoms with Crippen LogP contribution in [0.3, 0.4) is 0 Å². The highest BCUT2D eigenvalue weighted by Crippen LogP contribution is 2.26. The van der Waals surface area contributed by atoms with E-state index < -0.39 is 10.0 Å². The van der Waals surface area contributed by atoms with Gasteiger partial charge in [-0.15, -0.1) is 0 Å². The maximum Gasteiger partial charge on any atom is 0.261 e. The number of carbonyl (C=O) groups is 1. The molecule has 1 aliphatic rings. The fourth-order valence-corrected chi connectivity index (χ4v) is 5.31. The molecule has 1 fully saturated rings. The molecule has 1 heterocycles. The van der Waals surface area contributed by atoms with Gasteiger partial charge in [-0.05, 0) is 60.9 Å². The number of para-hydroxylation sites is 1. The Balaban J connectivity index is 1.52. The van der Waals surface area contributed by atoms with Gasteiger partial charge in [0.15, 0.2) is 0 Å². The number of hydrogen-bond donors (Lipinski definition) is 1. The molecule has 0 atom stereocenters. The first kappa shape index (κ1) is 23.1. The summed E-state index contributed by atoms with van der Waals surface area (Å²) in [5.41, 5.74) is 2.89. The van der Waals surface area contributed by atoms with E-state index in [0.29, 0.717) is 22.8 Å². The van der Waals surface area contributed by atoms with Crippen LogP contribution in [0.5, 0.6) is 0 Å². The van der Waals surface area contributed by atoms with Crippen LogP contribution in [0, 0.1) is 0 Å². The average molecular weight is 484 g/mol. The number of nitrogens with zero attached hydrogens (tertiary/aromatic N) is 2. The van der Waals surface area contributed by atoms with Crippen LogP contribution in [0.25, 0.3) is 0 Å². The first-order valence-electron chi connectivity index (χ1n) is 10.8. The van der Waals surface area contributed by atoms with Crippen LogP contribution in [-0.2, 0) is 16.6 Å². The highest BCUT2D eigenvalue weighted by Gasteiger charge is 2.21. The molecule has 4 rings (SSSR count). The summed E-state index contributed by atoms with van der Waals surface area (Å²) >= 11 is 5.95. The predicted molar refractivity (Wildman–Crippen MR) is 132 cm³/mol. The predicted octanol–water partition coefficient (Wildman–Crippen LogP) is 5.01. The molecule has 172 valence electrons. The summed E-state index contributed by atoms with van der Waals surface area (Å²) in [6.45, 7) is 2.48. The molecule has 0 spiro atoms. The molecule has 0 aliphatic carbocycles. The minimum atomic E-state index is -3.87. The second kappa shape index (κ2) is 9.85. The maximum absolute atomic E-state index is 13.1. The highest BCUT2D eigenvalue weighted by atomic mass is 35.5. The van der Waals surface area contributed by atoms with E-state index in [-0.39, 0.29) is 10.8 Å². The second-order valence-electron chi connectivity index (χ2n) is 8.13. The Kier molecular flexibility index (Phi) is 6.91. The minimum absolute atomic E-state index is 0.0131. The summed E-state index contributed by atoms with van der Waals surface area (Å²) < 4.78 is 28.2. The van der Waals surface area contributed by atoms with Crippen molar-refractivity contribution in [2.24, 2.45) is 0 Å². The van der Waals surface area contributed by atoms with Gasteiger partial charge in [0.25, 0.3) is 15.9 Å². The van der Waals surface area contributed by atoms with Gasteiger partial charge in [-0.2, -0.15) is 0 Å². The van der Waals surface area contributed by atoms with Crippen molar-refractivity contribution in [3.63, 3.8) is 0 Å². The Morgan fingerprint density at radius 1 is 1.00 bits per heavy atom. The van der Waals surface area contributed by atoms with Crippen LogP contribution >= 0.6 is 11.6 Å². The Labute approximate surface area is 199 Å². The van der Waals surface area contributed by atoms with E-state index in [2.05, 4.69) is 15.7 Å². The summed E-state index contributed by atoms with van der Waals surface area (Å²) in [5, 5.41) is 0.426. The van der Waals surface area contributed by atoms with E-state index in [1.807, 2.05) is 18.2 Å². The average Bonchev–Trinajstić information content (AvgIpc) is 3.33. The topological polar surface area (TPSA) is 69.7 Å². The van der Waals surface area contributed by atoms with Crippen LogP contribution in [0.1, 0.15) is 28.8 Å². The molecule has 3 aromatic rings. The molecule has 0 unspecified atom stereocenters. The Hall–Kier alpha value is -3.03. The third-order valence-electron chi connectivity index (χ3n) is 5.66. The molecule has 0 aromatic heterocycles. The van der Waals surface area contributed by atoms with Gasteiger partial charge < -0.3 is 9.80 Å². The quantitative estimate of drug-likeness (QED) is 0.512. The zero-order valence-electron chi connectivity index (χ0n) is 18.4. The van der Waals surface area contributed by atoms with Gasteiger partial charge in [-0.25, -0.2) is 8.42 Å². The lowest BCUT2D eigenvalue weighted by Crippen LogP contribution is -2.28. The molecule has 0 radical (unpaired) electrons. The number of benzene rings is 3. The second-order valence-corrected chi connectivity index (χ2v) is 10.2. The van der Waals surface area contributed by atoms with E-state index in [1.54, 1.807) is 42.3 Å². The van der Waals surface area contributed by atoms with Gasteiger partial charge in [-0.1, -0.05) is 41.9 Å². The molecular weight excluding hydrogens is 458 g/mol. The van der Waals surface area contributed by atoms with Crippen molar-refractivity contribution in [2.45, 2.75) is 24.3 Å². The smallest absolute Gasteiger partial charge is 0.261 e. The Morgan fingerprint density at radius 3 is 2.48 bits per heavy atom. The van der Waals surface area contributed by atoms with Crippen molar-refractivity contribution in [2.75, 3.05) is 29.8 Å². The summed E-state index contributed by atoms with van der Waals surface area (Å²) in [7, 11) is -2.14. The molecule has 3 aromatic carbocycles. The van der Waals surface area contributed by atoms with Crippen molar-refractivity contribution in [3.05, 3.63) is 88.9 Å². The minimum Gasteiger partial charge on any atom is -0.371 e. The van der Waals surface area contributed by atoms with Gasteiger partial charge in [0.1, 0.15) is 0 Å². The lowest BCUT2D eigenvalue weighted by atomic mass is 10.1. The molecule has 0 bridgehead atoms. The van der Waals surface area contributed by atoms with E-state index in [0.717, 1.165) is 24.3 Å². The molecule has 1 saturated heterocycles. The first-order valence-corrected chi connectivity index (χ1v) is 12.7. The maximum atomic E-state index is 13.1. The zero-order valence-corrected chi connectivity index (χ0v) is 19.9. The SMILES string of the molecule is CN(Cc1ccccc1N1CCCC1)C(=O)c1cccc(S(=O)(=O)Nc2cccc(Cl)c2)c1. The first-order chi connectivity index (χ1) is 15.8. The number of halogens is 1. The third kappa shape index (κ3) is 5.49. The van der Waals surface area contributed by atoms with E-state index >= 15 is 0 Å². The van der Waals surface area contributed by atoms with Crippen LogP contribution < -0.4 is 9.62 Å². The number of hydrogen-bond acceptors (Lipinski definition) is 4. The van der Waals surface area contributed by atoms with Crippen LogP contribution in [0.4, 0.5) is 11.4 Å². The Bertz CT molecular complexity index is 1260. The number of sulfonamides is 1. The summed E-state index contributed by atoms with van der Waals surface area (Å²) in [4.78, 5) is 17.1. The molecule has 1 aliphatic heterocycles. The van der Waals surface area contributed by atoms with E-state index in [4.69, 9.17) is 11.6 Å². The van der Waals surface area contributed by atoms with Crippen molar-refractivity contribution in [1.29, 1.82) is 0 Å². The number of rotatable bonds is 7. The molecule has 1 amide bonds. The van der Waals surface area contributed by atoms with Crippen molar-refractivity contribution >= 4 is 38.9 Å². The van der Waals surface area contributed by atoms with E-state index in [1.165, 1.54) is 31.0 Å². The molecule has 8 heteroatoms. The van der Waals surface area contributed by atoms with Gasteiger partial charge in [0, 0.05) is 43.0 Å². The van der Waals surface area contributed by atoms with Gasteiger partial charge in [0.2, 0.25) is 0 Å². The number of amides is 1. The van der Waals surface area contributed by atoms with Crippen LogP contribution in [0.15, 0.2) is 77.7 Å². The van der Waals surface area contributed by atoms with Gasteiger partial charge in [-0.3, -0.25) is 9.52 Å². The van der Waals surface area contributed by atoms with Gasteiger partial charge >= 0.3 is 0 Å². The van der Waals surface area contributed by atoms with Crippen molar-refractivity contribution in [1.82, 2.24) is 4.90 Å². The third-order valence-corrected chi connectivity index (χ3v) is 7.27. The highest BCUT2D eigenvalue weighted by molar-refractivity contribution is 7.92. The Morgan fingerprint density at radius 2 is 1.73 bits per heavy atom. The molecule has 1 N–H and O–H groups in total. The number of carbonyl (C=O) groups excluding carboxylic acids is 1. The fourth-order valence-electron chi connectivity index (χ4n) is 4.02. The van der Waals surface area contributed by atoms with Crippen molar-refractivity contribution < 1.29 is 13.2 Å². The number of nitrogens with one attached hydrogen (secondary N) is 1. The fraction of sp³-hybridized carbons (Fsp3) is 0.240. The molecular formula is C25H26ClN3O3S. The summed E-state index contributed by atoms with van der Waals surface area (Å²) in [5.74, 6) is -0.244. The lowest BCUT2D eigenvalue weighted by Gasteiger charge is -2.24. The monoisotopic (exact) mass is 483 g/mol. The van der Waals surface area contributed by atoms with Crippen molar-refractivity contribution in [3.8, 4) is 0 Å². The summed E-state index contributed by atoms with van der Waals surface area (Å²) in [6.07, 6.45) is 2.35. The standard InChI is InChI=1S/C25H26ClN3O3S/c1-28(18-20-8-2-3-13-24(20)29-14-4-5-15-29)25(30)19-9-6-12-23(16-19)33(31,32)27-22-11-7-10-21(26)17-22/h2-3,6-13,16-17,27H,4-5,14-15,18H2,1H3. The van der Waals surface area contributed by atoms with Crippen LogP contribution in [-0.4, -0.2) is 39.4 Å². The van der Waals surface area contributed by atoms with E-state index in [9.17, 15) is 13.2 Å². The summed E-state index contributed by atoms with van der Waals surface area (Å²) in [6, 6.07) is 20.7. The van der Waals surface area contributed by atoms with Crippen LogP contribution in [0.2, 0.25) is 5.02 Å². The number of anilines is 2. The lowest BCUT2D eigenvalue weighted by molar-refractivity contribution is 0.0785. The molecule has 6 nitrogen and oxygen atoms in total. The largest absolute Gasteiger partial charge is 0.371 e. The molecule has 0 saturated carbocycles. The zero-order chi connectivity index (χ0) is 23.4. The molecule has 33 heavy (non-hydrogen) atoms. The van der Waals surface area contributed by atoms with Gasteiger partial charge in [0.05, 0.1) is 10.6 Å².